The van der Waals surface area contributed by atoms with Gasteiger partial charge >= 0.3 is 12.0 Å². The van der Waals surface area contributed by atoms with E-state index in [1.165, 1.54) is 0 Å². The Labute approximate surface area is 99.9 Å². The fraction of sp³-hybridized carbons (Fsp3) is 0.818. The molecule has 1 aliphatic carbocycles. The molecule has 0 spiro atoms. The number of rotatable bonds is 3. The molecule has 2 fully saturated rings. The number of urea groups is 1. The number of carboxylic acids is 1. The summed E-state index contributed by atoms with van der Waals surface area (Å²) in [6.07, 6.45) is 0.952. The summed E-state index contributed by atoms with van der Waals surface area (Å²) in [6.45, 7) is 3.33. The lowest BCUT2D eigenvalue weighted by Gasteiger charge is -2.34. The standard InChI is InChI=1S/C11H18N2O4/c1-7-4-9(7)12-11(16)13-2-3-17-6-8(13)5-10(14)15/h7-9H,2-6H2,1H3,(H,12,16)(H,14,15). The second-order valence-corrected chi connectivity index (χ2v) is 4.79. The second-order valence-electron chi connectivity index (χ2n) is 4.79. The average molecular weight is 242 g/mol. The third-order valence-electron chi connectivity index (χ3n) is 3.32. The van der Waals surface area contributed by atoms with Crippen LogP contribution in [0.3, 0.4) is 0 Å². The van der Waals surface area contributed by atoms with E-state index in [-0.39, 0.29) is 24.5 Å². The molecule has 96 valence electrons. The monoisotopic (exact) mass is 242 g/mol. The van der Waals surface area contributed by atoms with Gasteiger partial charge in [0.05, 0.1) is 25.7 Å². The number of carbonyl (C=O) groups is 2. The lowest BCUT2D eigenvalue weighted by molar-refractivity contribution is -0.139. The molecule has 6 nitrogen and oxygen atoms in total. The molecule has 2 rings (SSSR count). The highest BCUT2D eigenvalue weighted by atomic mass is 16.5. The molecule has 1 aliphatic heterocycles. The van der Waals surface area contributed by atoms with E-state index in [1.54, 1.807) is 4.90 Å². The molecule has 1 heterocycles. The molecule has 0 aromatic heterocycles. The number of nitrogens with one attached hydrogen (secondary N) is 1. The Bertz CT molecular complexity index is 321. The van der Waals surface area contributed by atoms with Crippen LogP contribution in [-0.4, -0.2) is 53.8 Å². The smallest absolute Gasteiger partial charge is 0.318 e. The Morgan fingerprint density at radius 1 is 1.53 bits per heavy atom. The third-order valence-corrected chi connectivity index (χ3v) is 3.32. The van der Waals surface area contributed by atoms with Gasteiger partial charge in [0, 0.05) is 12.6 Å². The molecular weight excluding hydrogens is 224 g/mol. The van der Waals surface area contributed by atoms with Crippen molar-refractivity contribution in [2.45, 2.75) is 31.8 Å². The van der Waals surface area contributed by atoms with E-state index in [2.05, 4.69) is 12.2 Å². The number of amides is 2. The first-order valence-corrected chi connectivity index (χ1v) is 5.94. The number of morpholine rings is 1. The molecule has 3 atom stereocenters. The first kappa shape index (κ1) is 12.2. The van der Waals surface area contributed by atoms with Gasteiger partial charge in [0.2, 0.25) is 0 Å². The van der Waals surface area contributed by atoms with Crippen LogP contribution in [0.4, 0.5) is 4.79 Å². The predicted octanol–water partition coefficient (Wildman–Crippen LogP) is 0.280. The van der Waals surface area contributed by atoms with Crippen LogP contribution in [0.15, 0.2) is 0 Å². The minimum absolute atomic E-state index is 0.0619. The highest BCUT2D eigenvalue weighted by molar-refractivity contribution is 5.76. The molecule has 0 bridgehead atoms. The van der Waals surface area contributed by atoms with Gasteiger partial charge in [-0.2, -0.15) is 0 Å². The van der Waals surface area contributed by atoms with E-state index in [9.17, 15) is 9.59 Å². The maximum Gasteiger partial charge on any atom is 0.318 e. The molecule has 2 aliphatic rings. The van der Waals surface area contributed by atoms with Crippen molar-refractivity contribution in [1.29, 1.82) is 0 Å². The third kappa shape index (κ3) is 3.09. The number of carboxylic acid groups (broad SMARTS) is 1. The van der Waals surface area contributed by atoms with Crippen molar-refractivity contribution in [2.24, 2.45) is 5.92 Å². The predicted molar refractivity (Wildman–Crippen MR) is 59.7 cm³/mol. The summed E-state index contributed by atoms with van der Waals surface area (Å²) in [6, 6.07) is -0.250. The van der Waals surface area contributed by atoms with Crippen molar-refractivity contribution in [3.8, 4) is 0 Å². The number of carbonyl (C=O) groups excluding carboxylic acids is 1. The van der Waals surface area contributed by atoms with Crippen LogP contribution in [0.2, 0.25) is 0 Å². The maximum atomic E-state index is 12.0. The van der Waals surface area contributed by atoms with Gasteiger partial charge in [-0.05, 0) is 12.3 Å². The Morgan fingerprint density at radius 3 is 2.82 bits per heavy atom. The van der Waals surface area contributed by atoms with Gasteiger partial charge in [0.25, 0.3) is 0 Å². The Morgan fingerprint density at radius 2 is 2.24 bits per heavy atom. The van der Waals surface area contributed by atoms with Gasteiger partial charge in [0.1, 0.15) is 0 Å². The molecule has 3 unspecified atom stereocenters. The van der Waals surface area contributed by atoms with Gasteiger partial charge in [-0.3, -0.25) is 4.79 Å². The zero-order valence-electron chi connectivity index (χ0n) is 9.89. The van der Waals surface area contributed by atoms with Gasteiger partial charge < -0.3 is 20.1 Å². The van der Waals surface area contributed by atoms with E-state index in [4.69, 9.17) is 9.84 Å². The highest BCUT2D eigenvalue weighted by Crippen LogP contribution is 2.29. The quantitative estimate of drug-likeness (QED) is 0.745. The largest absolute Gasteiger partial charge is 0.481 e. The first-order chi connectivity index (χ1) is 8.08. The Hall–Kier alpha value is -1.30. The number of aliphatic carboxylic acids is 1. The van der Waals surface area contributed by atoms with Crippen LogP contribution in [0.1, 0.15) is 19.8 Å². The Kier molecular flexibility index (Phi) is 3.51. The summed E-state index contributed by atoms with van der Waals surface area (Å²) in [5, 5.41) is 11.7. The van der Waals surface area contributed by atoms with Crippen LogP contribution in [0, 0.1) is 5.92 Å². The van der Waals surface area contributed by atoms with Crippen molar-refractivity contribution >= 4 is 12.0 Å². The summed E-state index contributed by atoms with van der Waals surface area (Å²) < 4.78 is 5.22. The fourth-order valence-corrected chi connectivity index (χ4v) is 2.06. The SMILES string of the molecule is CC1CC1NC(=O)N1CCOCC1CC(=O)O. The number of hydrogen-bond donors (Lipinski definition) is 2. The van der Waals surface area contributed by atoms with Crippen molar-refractivity contribution in [1.82, 2.24) is 10.2 Å². The Balaban J connectivity index is 1.90. The van der Waals surface area contributed by atoms with Crippen LogP contribution in [0.5, 0.6) is 0 Å². The summed E-state index contributed by atoms with van der Waals surface area (Å²) in [4.78, 5) is 24.2. The normalized spacial score (nSPS) is 32.1. The minimum Gasteiger partial charge on any atom is -0.481 e. The lowest BCUT2D eigenvalue weighted by Crippen LogP contribution is -2.53. The van der Waals surface area contributed by atoms with Gasteiger partial charge in [-0.15, -0.1) is 0 Å². The van der Waals surface area contributed by atoms with E-state index < -0.39 is 5.97 Å². The molecule has 17 heavy (non-hydrogen) atoms. The van der Waals surface area contributed by atoms with E-state index >= 15 is 0 Å². The van der Waals surface area contributed by atoms with E-state index in [1.807, 2.05) is 0 Å². The lowest BCUT2D eigenvalue weighted by atomic mass is 10.1. The maximum absolute atomic E-state index is 12.0. The zero-order chi connectivity index (χ0) is 12.4. The number of ether oxygens (including phenoxy) is 1. The van der Waals surface area contributed by atoms with Crippen molar-refractivity contribution in [2.75, 3.05) is 19.8 Å². The molecule has 6 heteroatoms. The minimum atomic E-state index is -0.905. The summed E-state index contributed by atoms with van der Waals surface area (Å²) in [7, 11) is 0. The van der Waals surface area contributed by atoms with Crippen LogP contribution >= 0.6 is 0 Å². The summed E-state index contributed by atoms with van der Waals surface area (Å²) in [5.74, 6) is -0.365. The molecule has 1 saturated heterocycles. The summed E-state index contributed by atoms with van der Waals surface area (Å²) in [5.41, 5.74) is 0. The molecule has 2 amide bonds. The zero-order valence-corrected chi connectivity index (χ0v) is 9.89. The van der Waals surface area contributed by atoms with Gasteiger partial charge in [-0.25, -0.2) is 4.79 Å². The number of hydrogen-bond acceptors (Lipinski definition) is 3. The highest BCUT2D eigenvalue weighted by Gasteiger charge is 2.37. The molecule has 1 saturated carbocycles. The van der Waals surface area contributed by atoms with E-state index in [0.717, 1.165) is 6.42 Å². The molecule has 2 N–H and O–H groups in total. The van der Waals surface area contributed by atoms with Crippen LogP contribution in [0.25, 0.3) is 0 Å². The number of nitrogens with zero attached hydrogens (tertiary/aromatic N) is 1. The molecule has 0 aromatic rings. The van der Waals surface area contributed by atoms with Gasteiger partial charge in [0.15, 0.2) is 0 Å². The van der Waals surface area contributed by atoms with Crippen molar-refractivity contribution in [3.63, 3.8) is 0 Å². The van der Waals surface area contributed by atoms with Crippen molar-refractivity contribution in [3.05, 3.63) is 0 Å². The van der Waals surface area contributed by atoms with Crippen LogP contribution in [-0.2, 0) is 9.53 Å². The topological polar surface area (TPSA) is 78.9 Å². The van der Waals surface area contributed by atoms with Gasteiger partial charge in [-0.1, -0.05) is 6.92 Å². The second kappa shape index (κ2) is 4.91. The summed E-state index contributed by atoms with van der Waals surface area (Å²) >= 11 is 0. The fourth-order valence-electron chi connectivity index (χ4n) is 2.06. The first-order valence-electron chi connectivity index (χ1n) is 5.94. The molecular formula is C11H18N2O4. The molecule has 0 aromatic carbocycles. The molecule has 0 radical (unpaired) electrons. The van der Waals surface area contributed by atoms with E-state index in [0.29, 0.717) is 25.7 Å². The average Bonchev–Trinajstić information content (AvgIpc) is 2.94. The van der Waals surface area contributed by atoms with Crippen molar-refractivity contribution < 1.29 is 19.4 Å². The van der Waals surface area contributed by atoms with Crippen LogP contribution < -0.4 is 5.32 Å².